The van der Waals surface area contributed by atoms with E-state index in [0.29, 0.717) is 49.0 Å². The van der Waals surface area contributed by atoms with Crippen molar-refractivity contribution in [3.05, 3.63) is 17.7 Å². The fourth-order valence-corrected chi connectivity index (χ4v) is 2.99. The Morgan fingerprint density at radius 2 is 1.37 bits per heavy atom. The molecule has 1 aliphatic rings. The smallest absolute Gasteiger partial charge is 0.254 e. The molecule has 0 atom stereocenters. The fourth-order valence-electron chi connectivity index (χ4n) is 2.99. The zero-order valence-corrected chi connectivity index (χ0v) is 16.2. The van der Waals surface area contributed by atoms with Crippen molar-refractivity contribution in [1.82, 2.24) is 9.80 Å². The molecule has 148 valence electrons. The van der Waals surface area contributed by atoms with Gasteiger partial charge in [-0.15, -0.1) is 0 Å². The lowest BCUT2D eigenvalue weighted by Crippen LogP contribution is -2.50. The number of piperazine rings is 1. The number of ketones is 1. The third-order valence-electron chi connectivity index (χ3n) is 4.52. The van der Waals surface area contributed by atoms with Gasteiger partial charge in [0, 0.05) is 44.6 Å². The largest absolute Gasteiger partial charge is 0.493 e. The van der Waals surface area contributed by atoms with Gasteiger partial charge in [-0.05, 0) is 19.1 Å². The molecule has 1 fully saturated rings. The normalized spacial score (nSPS) is 13.9. The molecular weight excluding hydrogens is 352 g/mol. The molecule has 8 nitrogen and oxygen atoms in total. The van der Waals surface area contributed by atoms with Crippen LogP contribution in [0.3, 0.4) is 0 Å². The number of hydrogen-bond acceptors (Lipinski definition) is 6. The quantitative estimate of drug-likeness (QED) is 0.712. The van der Waals surface area contributed by atoms with Gasteiger partial charge < -0.3 is 28.8 Å². The Bertz CT molecular complexity index is 685. The van der Waals surface area contributed by atoms with Crippen molar-refractivity contribution in [3.8, 4) is 17.2 Å². The fraction of sp³-hybridized carbons (Fsp3) is 0.526. The van der Waals surface area contributed by atoms with Crippen LogP contribution in [-0.4, -0.2) is 74.9 Å². The molecule has 8 heteroatoms. The summed E-state index contributed by atoms with van der Waals surface area (Å²) in [7, 11) is 4.50. The first-order valence-corrected chi connectivity index (χ1v) is 8.77. The lowest BCUT2D eigenvalue weighted by Gasteiger charge is -2.35. The Balaban J connectivity index is 2.05. The molecule has 1 aromatic carbocycles. The van der Waals surface area contributed by atoms with E-state index in [4.69, 9.17) is 14.2 Å². The Morgan fingerprint density at radius 1 is 0.852 bits per heavy atom. The molecule has 2 rings (SSSR count). The number of hydrogen-bond donors (Lipinski definition) is 0. The number of amides is 2. The maximum absolute atomic E-state index is 12.9. The summed E-state index contributed by atoms with van der Waals surface area (Å²) in [5.74, 6) is 1.05. The van der Waals surface area contributed by atoms with Gasteiger partial charge in [0.05, 0.1) is 21.3 Å². The SMILES string of the molecule is COc1cc(C(=O)N2CCN(C(=O)CCC(C)=O)CC2)cc(OC)c1OC. The van der Waals surface area contributed by atoms with Crippen LogP contribution in [-0.2, 0) is 9.59 Å². The number of methoxy groups -OCH3 is 3. The molecule has 1 heterocycles. The number of Topliss-reactive ketones (excluding diaryl/α,β-unsaturated/α-hetero) is 1. The van der Waals surface area contributed by atoms with E-state index in [2.05, 4.69) is 0 Å². The van der Waals surface area contributed by atoms with Gasteiger partial charge in [-0.3, -0.25) is 9.59 Å². The van der Waals surface area contributed by atoms with Crippen molar-refractivity contribution in [3.63, 3.8) is 0 Å². The van der Waals surface area contributed by atoms with Crippen molar-refractivity contribution >= 4 is 17.6 Å². The molecule has 0 radical (unpaired) electrons. The monoisotopic (exact) mass is 378 g/mol. The van der Waals surface area contributed by atoms with Gasteiger partial charge in [0.25, 0.3) is 5.91 Å². The summed E-state index contributed by atoms with van der Waals surface area (Å²) < 4.78 is 15.9. The highest BCUT2D eigenvalue weighted by atomic mass is 16.5. The van der Waals surface area contributed by atoms with Gasteiger partial charge in [0.15, 0.2) is 11.5 Å². The average molecular weight is 378 g/mol. The number of carbonyl (C=O) groups is 3. The molecule has 1 aromatic rings. The molecule has 0 N–H and O–H groups in total. The predicted octanol–water partition coefficient (Wildman–Crippen LogP) is 1.37. The van der Waals surface area contributed by atoms with E-state index < -0.39 is 0 Å². The first-order valence-electron chi connectivity index (χ1n) is 8.77. The van der Waals surface area contributed by atoms with Crippen LogP contribution in [0, 0.1) is 0 Å². The van der Waals surface area contributed by atoms with E-state index in [-0.39, 0.29) is 30.4 Å². The van der Waals surface area contributed by atoms with Crippen LogP contribution >= 0.6 is 0 Å². The van der Waals surface area contributed by atoms with Crippen LogP contribution in [0.15, 0.2) is 12.1 Å². The number of rotatable bonds is 7. The third-order valence-corrected chi connectivity index (χ3v) is 4.52. The second-order valence-corrected chi connectivity index (χ2v) is 6.29. The molecule has 0 aromatic heterocycles. The molecule has 1 saturated heterocycles. The summed E-state index contributed by atoms with van der Waals surface area (Å²) in [4.78, 5) is 39.4. The lowest BCUT2D eigenvalue weighted by atomic mass is 10.1. The molecule has 0 spiro atoms. The van der Waals surface area contributed by atoms with Gasteiger partial charge in [-0.2, -0.15) is 0 Å². The van der Waals surface area contributed by atoms with Crippen LogP contribution in [0.5, 0.6) is 17.2 Å². The van der Waals surface area contributed by atoms with Crippen LogP contribution < -0.4 is 14.2 Å². The van der Waals surface area contributed by atoms with Gasteiger partial charge in [0.2, 0.25) is 11.7 Å². The zero-order chi connectivity index (χ0) is 20.0. The van der Waals surface area contributed by atoms with Crippen LogP contribution in [0.4, 0.5) is 0 Å². The number of ether oxygens (including phenoxy) is 3. The minimum Gasteiger partial charge on any atom is -0.493 e. The topological polar surface area (TPSA) is 85.4 Å². The molecule has 0 bridgehead atoms. The van der Waals surface area contributed by atoms with Crippen molar-refractivity contribution in [2.24, 2.45) is 0 Å². The number of benzene rings is 1. The molecule has 0 unspecified atom stereocenters. The Morgan fingerprint density at radius 3 is 1.81 bits per heavy atom. The summed E-state index contributed by atoms with van der Waals surface area (Å²) in [5.41, 5.74) is 0.431. The van der Waals surface area contributed by atoms with E-state index in [1.807, 2.05) is 0 Å². The second-order valence-electron chi connectivity index (χ2n) is 6.29. The van der Waals surface area contributed by atoms with Gasteiger partial charge >= 0.3 is 0 Å². The van der Waals surface area contributed by atoms with E-state index in [9.17, 15) is 14.4 Å². The molecule has 2 amide bonds. The third kappa shape index (κ3) is 4.90. The summed E-state index contributed by atoms with van der Waals surface area (Å²) in [6.45, 7) is 3.24. The van der Waals surface area contributed by atoms with Crippen LogP contribution in [0.25, 0.3) is 0 Å². The highest BCUT2D eigenvalue weighted by Gasteiger charge is 2.26. The Labute approximate surface area is 159 Å². The average Bonchev–Trinajstić information content (AvgIpc) is 2.70. The standard InChI is InChI=1S/C19H26N2O6/c1-13(22)5-6-17(23)20-7-9-21(10-8-20)19(24)14-11-15(25-2)18(27-4)16(12-14)26-3/h11-12H,5-10H2,1-4H3. The van der Waals surface area contributed by atoms with Crippen molar-refractivity contribution in [2.45, 2.75) is 19.8 Å². The summed E-state index contributed by atoms with van der Waals surface area (Å²) in [6.07, 6.45) is 0.472. The lowest BCUT2D eigenvalue weighted by molar-refractivity contribution is -0.134. The zero-order valence-electron chi connectivity index (χ0n) is 16.2. The molecule has 27 heavy (non-hydrogen) atoms. The van der Waals surface area contributed by atoms with Gasteiger partial charge in [0.1, 0.15) is 5.78 Å². The maximum Gasteiger partial charge on any atom is 0.254 e. The minimum absolute atomic E-state index is 0.000404. The van der Waals surface area contributed by atoms with Crippen LogP contribution in [0.1, 0.15) is 30.1 Å². The number of carbonyl (C=O) groups excluding carboxylic acids is 3. The first kappa shape index (κ1) is 20.5. The Kier molecular flexibility index (Phi) is 7.04. The highest BCUT2D eigenvalue weighted by Crippen LogP contribution is 2.38. The van der Waals surface area contributed by atoms with E-state index in [1.165, 1.54) is 28.3 Å². The predicted molar refractivity (Wildman–Crippen MR) is 98.5 cm³/mol. The summed E-state index contributed by atoms with van der Waals surface area (Å²) in [6, 6.07) is 3.24. The Hall–Kier alpha value is -2.77. The van der Waals surface area contributed by atoms with Gasteiger partial charge in [-0.1, -0.05) is 0 Å². The van der Waals surface area contributed by atoms with E-state index in [0.717, 1.165) is 0 Å². The van der Waals surface area contributed by atoms with E-state index in [1.54, 1.807) is 21.9 Å². The minimum atomic E-state index is -0.162. The van der Waals surface area contributed by atoms with Crippen molar-refractivity contribution in [2.75, 3.05) is 47.5 Å². The van der Waals surface area contributed by atoms with Crippen LogP contribution in [0.2, 0.25) is 0 Å². The first-order chi connectivity index (χ1) is 12.9. The van der Waals surface area contributed by atoms with Crippen molar-refractivity contribution in [1.29, 1.82) is 0 Å². The number of nitrogens with zero attached hydrogens (tertiary/aromatic N) is 2. The maximum atomic E-state index is 12.9. The molecule has 0 saturated carbocycles. The highest BCUT2D eigenvalue weighted by molar-refractivity contribution is 5.96. The van der Waals surface area contributed by atoms with E-state index >= 15 is 0 Å². The van der Waals surface area contributed by atoms with Crippen molar-refractivity contribution < 1.29 is 28.6 Å². The summed E-state index contributed by atoms with van der Waals surface area (Å²) >= 11 is 0. The molecular formula is C19H26N2O6. The molecule has 0 aliphatic carbocycles. The molecule has 1 aliphatic heterocycles. The summed E-state index contributed by atoms with van der Waals surface area (Å²) in [5, 5.41) is 0. The van der Waals surface area contributed by atoms with Gasteiger partial charge in [-0.25, -0.2) is 0 Å². The second kappa shape index (κ2) is 9.25.